The molecule has 0 saturated carbocycles. The van der Waals surface area contributed by atoms with Crippen molar-refractivity contribution >= 4 is 33.4 Å². The number of methoxy groups -OCH3 is 1. The van der Waals surface area contributed by atoms with Crippen molar-refractivity contribution in [3.8, 4) is 17.1 Å². The van der Waals surface area contributed by atoms with Crippen LogP contribution < -0.4 is 4.74 Å². The molecular formula is C19H15ClN2O. The summed E-state index contributed by atoms with van der Waals surface area (Å²) in [6.07, 6.45) is 0. The topological polar surface area (TPSA) is 27.1 Å². The summed E-state index contributed by atoms with van der Waals surface area (Å²) in [5.41, 5.74) is 3.13. The summed E-state index contributed by atoms with van der Waals surface area (Å²) >= 11 is 6.45. The van der Waals surface area contributed by atoms with Gasteiger partial charge in [-0.25, -0.2) is 4.98 Å². The van der Waals surface area contributed by atoms with Crippen molar-refractivity contribution in [3.63, 3.8) is 0 Å². The first-order valence-corrected chi connectivity index (χ1v) is 7.75. The van der Waals surface area contributed by atoms with Crippen LogP contribution in [0.3, 0.4) is 0 Å². The molecule has 3 aromatic carbocycles. The third-order valence-corrected chi connectivity index (χ3v) is 4.59. The summed E-state index contributed by atoms with van der Waals surface area (Å²) in [6.45, 7) is 0. The highest BCUT2D eigenvalue weighted by Crippen LogP contribution is 2.37. The van der Waals surface area contributed by atoms with E-state index in [9.17, 15) is 0 Å². The van der Waals surface area contributed by atoms with Gasteiger partial charge in [0.15, 0.2) is 0 Å². The summed E-state index contributed by atoms with van der Waals surface area (Å²) in [4.78, 5) is 4.87. The van der Waals surface area contributed by atoms with Crippen molar-refractivity contribution in [2.75, 3.05) is 7.11 Å². The molecule has 1 heterocycles. The van der Waals surface area contributed by atoms with Gasteiger partial charge in [0.05, 0.1) is 23.2 Å². The Morgan fingerprint density at radius 3 is 2.43 bits per heavy atom. The Morgan fingerprint density at radius 2 is 1.70 bits per heavy atom. The Labute approximate surface area is 139 Å². The number of halogens is 1. The van der Waals surface area contributed by atoms with Crippen molar-refractivity contribution in [1.29, 1.82) is 0 Å². The molecule has 114 valence electrons. The molecule has 4 aromatic rings. The van der Waals surface area contributed by atoms with Gasteiger partial charge in [-0.1, -0.05) is 48.0 Å². The number of hydrogen-bond donors (Lipinski definition) is 0. The van der Waals surface area contributed by atoms with Gasteiger partial charge in [-0.2, -0.15) is 0 Å². The highest BCUT2D eigenvalue weighted by Gasteiger charge is 2.14. The van der Waals surface area contributed by atoms with E-state index < -0.39 is 0 Å². The zero-order chi connectivity index (χ0) is 16.0. The first-order chi connectivity index (χ1) is 11.2. The fourth-order valence-electron chi connectivity index (χ4n) is 3.01. The summed E-state index contributed by atoms with van der Waals surface area (Å²) in [5, 5.41) is 2.61. The van der Waals surface area contributed by atoms with Gasteiger partial charge in [0.1, 0.15) is 11.6 Å². The van der Waals surface area contributed by atoms with Crippen LogP contribution in [0.25, 0.3) is 33.2 Å². The van der Waals surface area contributed by atoms with Crippen molar-refractivity contribution in [2.45, 2.75) is 0 Å². The normalized spacial score (nSPS) is 11.3. The minimum Gasteiger partial charge on any atom is -0.495 e. The quantitative estimate of drug-likeness (QED) is 0.516. The van der Waals surface area contributed by atoms with E-state index in [1.54, 1.807) is 7.11 Å². The molecule has 0 aliphatic heterocycles. The highest BCUT2D eigenvalue weighted by molar-refractivity contribution is 6.37. The zero-order valence-corrected chi connectivity index (χ0v) is 13.6. The molecule has 0 unspecified atom stereocenters. The Bertz CT molecular complexity index is 1020. The smallest absolute Gasteiger partial charge is 0.140 e. The fraction of sp³-hybridized carbons (Fsp3) is 0.105. The Kier molecular flexibility index (Phi) is 3.24. The molecule has 0 fully saturated rings. The molecule has 0 atom stereocenters. The lowest BCUT2D eigenvalue weighted by molar-refractivity contribution is 0.415. The first kappa shape index (κ1) is 14.1. The van der Waals surface area contributed by atoms with E-state index >= 15 is 0 Å². The van der Waals surface area contributed by atoms with Gasteiger partial charge in [-0.05, 0) is 18.2 Å². The number of benzene rings is 3. The van der Waals surface area contributed by atoms with Gasteiger partial charge in [0.25, 0.3) is 0 Å². The van der Waals surface area contributed by atoms with Gasteiger partial charge >= 0.3 is 0 Å². The molecule has 0 radical (unpaired) electrons. The number of fused-ring (bicyclic) bond motifs is 3. The van der Waals surface area contributed by atoms with Gasteiger partial charge in [-0.15, -0.1) is 0 Å². The largest absolute Gasteiger partial charge is 0.495 e. The van der Waals surface area contributed by atoms with Crippen LogP contribution in [0.15, 0.2) is 54.6 Å². The minimum absolute atomic E-state index is 0.624. The molecule has 0 bridgehead atoms. The van der Waals surface area contributed by atoms with Gasteiger partial charge in [-0.3, -0.25) is 0 Å². The van der Waals surface area contributed by atoms with E-state index in [2.05, 4.69) is 22.8 Å². The lowest BCUT2D eigenvalue weighted by Gasteiger charge is -2.07. The van der Waals surface area contributed by atoms with Crippen LogP contribution in [0.1, 0.15) is 0 Å². The van der Waals surface area contributed by atoms with Gasteiger partial charge in [0.2, 0.25) is 0 Å². The van der Waals surface area contributed by atoms with Crippen LogP contribution in [0.4, 0.5) is 0 Å². The maximum atomic E-state index is 6.45. The number of ether oxygens (including phenoxy) is 1. The second-order valence-electron chi connectivity index (χ2n) is 5.47. The predicted molar refractivity (Wildman–Crippen MR) is 95.2 cm³/mol. The van der Waals surface area contributed by atoms with Crippen molar-refractivity contribution in [2.24, 2.45) is 7.05 Å². The number of aryl methyl sites for hydroxylation is 1. The van der Waals surface area contributed by atoms with E-state index in [0.717, 1.165) is 33.2 Å². The second kappa shape index (κ2) is 5.28. The second-order valence-corrected chi connectivity index (χ2v) is 5.85. The molecule has 0 N–H and O–H groups in total. The molecule has 0 amide bonds. The third-order valence-electron chi connectivity index (χ3n) is 4.20. The average molecular weight is 323 g/mol. The summed E-state index contributed by atoms with van der Waals surface area (Å²) in [6, 6.07) is 18.2. The molecule has 0 saturated heterocycles. The third kappa shape index (κ3) is 2.08. The molecule has 0 aliphatic rings. The van der Waals surface area contributed by atoms with Crippen molar-refractivity contribution in [1.82, 2.24) is 9.55 Å². The molecule has 23 heavy (non-hydrogen) atoms. The standard InChI is InChI=1S/C19H15ClN2O/c1-22-15-10-8-13-14(9-11-16(23-2)17(13)20)18(15)21-19(22)12-6-4-3-5-7-12/h3-11H,1-2H3. The summed E-state index contributed by atoms with van der Waals surface area (Å²) in [5.74, 6) is 1.62. The SMILES string of the molecule is COc1ccc2c(ccc3c2nc(-c2ccccc2)n3C)c1Cl. The van der Waals surface area contributed by atoms with Crippen LogP contribution in [0.5, 0.6) is 5.75 Å². The van der Waals surface area contributed by atoms with Gasteiger partial charge in [0, 0.05) is 23.4 Å². The molecule has 4 heteroatoms. The fourth-order valence-corrected chi connectivity index (χ4v) is 3.31. The zero-order valence-electron chi connectivity index (χ0n) is 12.9. The number of imidazole rings is 1. The first-order valence-electron chi connectivity index (χ1n) is 7.38. The molecule has 3 nitrogen and oxygen atoms in total. The molecule has 0 spiro atoms. The van der Waals surface area contributed by atoms with Crippen molar-refractivity contribution in [3.05, 3.63) is 59.6 Å². The molecule has 0 aliphatic carbocycles. The van der Waals surface area contributed by atoms with Crippen LogP contribution in [0.2, 0.25) is 5.02 Å². The van der Waals surface area contributed by atoms with E-state index in [0.29, 0.717) is 10.8 Å². The van der Waals surface area contributed by atoms with E-state index in [1.807, 2.05) is 43.4 Å². The van der Waals surface area contributed by atoms with Crippen LogP contribution in [0, 0.1) is 0 Å². The Balaban J connectivity index is 2.06. The maximum Gasteiger partial charge on any atom is 0.140 e. The number of hydrogen-bond acceptors (Lipinski definition) is 2. The number of rotatable bonds is 2. The van der Waals surface area contributed by atoms with Crippen LogP contribution >= 0.6 is 11.6 Å². The van der Waals surface area contributed by atoms with Crippen LogP contribution in [-0.4, -0.2) is 16.7 Å². The summed E-state index contributed by atoms with van der Waals surface area (Å²) in [7, 11) is 3.66. The number of nitrogens with zero attached hydrogens (tertiary/aromatic N) is 2. The van der Waals surface area contributed by atoms with E-state index in [-0.39, 0.29) is 0 Å². The lowest BCUT2D eigenvalue weighted by atomic mass is 10.1. The highest BCUT2D eigenvalue weighted by atomic mass is 35.5. The molecular weight excluding hydrogens is 308 g/mol. The monoisotopic (exact) mass is 322 g/mol. The Morgan fingerprint density at radius 1 is 0.957 bits per heavy atom. The van der Waals surface area contributed by atoms with E-state index in [1.165, 1.54) is 0 Å². The van der Waals surface area contributed by atoms with Crippen LogP contribution in [-0.2, 0) is 7.05 Å². The van der Waals surface area contributed by atoms with E-state index in [4.69, 9.17) is 21.3 Å². The molecule has 4 rings (SSSR count). The predicted octanol–water partition coefficient (Wildman–Crippen LogP) is 5.06. The lowest BCUT2D eigenvalue weighted by Crippen LogP contribution is -1.91. The average Bonchev–Trinajstić information content (AvgIpc) is 2.93. The van der Waals surface area contributed by atoms with Gasteiger partial charge < -0.3 is 9.30 Å². The van der Waals surface area contributed by atoms with Crippen molar-refractivity contribution < 1.29 is 4.74 Å². The minimum atomic E-state index is 0.624. The maximum absolute atomic E-state index is 6.45. The number of aromatic nitrogens is 2. The summed E-state index contributed by atoms with van der Waals surface area (Å²) < 4.78 is 7.42. The molecule has 1 aromatic heterocycles. The Hall–Kier alpha value is -2.52.